The van der Waals surface area contributed by atoms with Gasteiger partial charge >= 0.3 is 0 Å². The number of nitrogens with zero attached hydrogens (tertiary/aromatic N) is 1. The molecule has 17 heavy (non-hydrogen) atoms. The van der Waals surface area contributed by atoms with Gasteiger partial charge in [-0.3, -0.25) is 4.79 Å². The van der Waals surface area contributed by atoms with Crippen LogP contribution in [0.25, 0.3) is 0 Å². The topological polar surface area (TPSA) is 29.5 Å². The first-order valence-corrected chi connectivity index (χ1v) is 6.16. The third kappa shape index (κ3) is 2.61. The van der Waals surface area contributed by atoms with E-state index in [1.54, 1.807) is 12.1 Å². The van der Waals surface area contributed by atoms with Crippen LogP contribution in [0.3, 0.4) is 0 Å². The predicted octanol–water partition coefficient (Wildman–Crippen LogP) is 2.77. The molecule has 1 aromatic rings. The van der Waals surface area contributed by atoms with Gasteiger partial charge in [-0.05, 0) is 25.0 Å². The van der Waals surface area contributed by atoms with Gasteiger partial charge in [-0.2, -0.15) is 0 Å². The van der Waals surface area contributed by atoms with Gasteiger partial charge < -0.3 is 9.64 Å². The van der Waals surface area contributed by atoms with Gasteiger partial charge in [0.15, 0.2) is 6.29 Å². The summed E-state index contributed by atoms with van der Waals surface area (Å²) in [5, 5.41) is 0.628. The highest BCUT2D eigenvalue weighted by molar-refractivity contribution is 6.33. The number of hydrogen-bond acceptors (Lipinski definition) is 3. The van der Waals surface area contributed by atoms with Crippen molar-refractivity contribution in [2.75, 3.05) is 25.2 Å². The van der Waals surface area contributed by atoms with Crippen molar-refractivity contribution in [1.82, 2.24) is 0 Å². The van der Waals surface area contributed by atoms with E-state index in [0.717, 1.165) is 38.0 Å². The minimum Gasteiger partial charge on any atom is -0.381 e. The van der Waals surface area contributed by atoms with Gasteiger partial charge in [-0.1, -0.05) is 17.7 Å². The summed E-state index contributed by atoms with van der Waals surface area (Å²) in [7, 11) is 1.99. The van der Waals surface area contributed by atoms with Crippen LogP contribution in [0.2, 0.25) is 5.02 Å². The molecule has 0 N–H and O–H groups in total. The maximum Gasteiger partial charge on any atom is 0.152 e. The number of benzene rings is 1. The first-order chi connectivity index (χ1) is 8.24. The standard InChI is InChI=1S/C13H16ClNO2/c1-15(11-5-7-17-8-6-11)13-10(9-16)3-2-4-12(13)14/h2-4,9,11H,5-8H2,1H3. The molecule has 1 heterocycles. The largest absolute Gasteiger partial charge is 0.381 e. The average molecular weight is 254 g/mol. The summed E-state index contributed by atoms with van der Waals surface area (Å²) in [5.74, 6) is 0. The van der Waals surface area contributed by atoms with Crippen LogP contribution in [0, 0.1) is 0 Å². The fourth-order valence-corrected chi connectivity index (χ4v) is 2.57. The SMILES string of the molecule is CN(c1c(Cl)cccc1C=O)C1CCOCC1. The van der Waals surface area contributed by atoms with E-state index in [1.165, 1.54) is 0 Å². The maximum absolute atomic E-state index is 11.1. The molecule has 0 unspecified atom stereocenters. The number of carbonyl (C=O) groups excluding carboxylic acids is 1. The Morgan fingerprint density at radius 2 is 2.12 bits per heavy atom. The van der Waals surface area contributed by atoms with E-state index >= 15 is 0 Å². The van der Waals surface area contributed by atoms with E-state index in [-0.39, 0.29) is 0 Å². The maximum atomic E-state index is 11.1. The van der Waals surface area contributed by atoms with E-state index in [2.05, 4.69) is 4.90 Å². The molecule has 0 spiro atoms. The van der Waals surface area contributed by atoms with E-state index in [9.17, 15) is 4.79 Å². The molecule has 0 saturated carbocycles. The second kappa shape index (κ2) is 5.52. The smallest absolute Gasteiger partial charge is 0.152 e. The zero-order chi connectivity index (χ0) is 12.3. The van der Waals surface area contributed by atoms with Crippen molar-refractivity contribution in [1.29, 1.82) is 0 Å². The minimum atomic E-state index is 0.391. The van der Waals surface area contributed by atoms with Gasteiger partial charge in [-0.25, -0.2) is 0 Å². The zero-order valence-corrected chi connectivity index (χ0v) is 10.6. The molecule has 0 bridgehead atoms. The molecule has 1 fully saturated rings. The Bertz CT molecular complexity index is 402. The monoisotopic (exact) mass is 253 g/mol. The van der Waals surface area contributed by atoms with Crippen molar-refractivity contribution in [2.24, 2.45) is 0 Å². The van der Waals surface area contributed by atoms with Crippen LogP contribution in [0.15, 0.2) is 18.2 Å². The Morgan fingerprint density at radius 1 is 1.41 bits per heavy atom. The lowest BCUT2D eigenvalue weighted by atomic mass is 10.1. The molecule has 0 atom stereocenters. The molecule has 92 valence electrons. The van der Waals surface area contributed by atoms with Crippen molar-refractivity contribution in [3.63, 3.8) is 0 Å². The Morgan fingerprint density at radius 3 is 2.76 bits per heavy atom. The third-order valence-corrected chi connectivity index (χ3v) is 3.54. The number of aldehydes is 1. The van der Waals surface area contributed by atoms with E-state index < -0.39 is 0 Å². The van der Waals surface area contributed by atoms with Crippen LogP contribution in [0.1, 0.15) is 23.2 Å². The van der Waals surface area contributed by atoms with Gasteiger partial charge in [0.2, 0.25) is 0 Å². The number of ether oxygens (including phenoxy) is 1. The Labute approximate surface area is 106 Å². The first-order valence-electron chi connectivity index (χ1n) is 5.78. The highest BCUT2D eigenvalue weighted by atomic mass is 35.5. The molecule has 1 saturated heterocycles. The normalized spacial score (nSPS) is 16.8. The molecule has 3 nitrogen and oxygen atoms in total. The van der Waals surface area contributed by atoms with Crippen molar-refractivity contribution in [3.05, 3.63) is 28.8 Å². The van der Waals surface area contributed by atoms with E-state index in [4.69, 9.17) is 16.3 Å². The molecule has 4 heteroatoms. The Kier molecular flexibility index (Phi) is 4.02. The van der Waals surface area contributed by atoms with E-state index in [0.29, 0.717) is 16.6 Å². The first kappa shape index (κ1) is 12.4. The van der Waals surface area contributed by atoms with Gasteiger partial charge in [0.05, 0.1) is 10.7 Å². The summed E-state index contributed by atoms with van der Waals surface area (Å²) in [6.45, 7) is 1.55. The molecule has 1 aromatic carbocycles. The summed E-state index contributed by atoms with van der Waals surface area (Å²) in [6, 6.07) is 5.80. The number of para-hydroxylation sites is 1. The molecule has 0 aromatic heterocycles. The van der Waals surface area contributed by atoms with Crippen LogP contribution < -0.4 is 4.90 Å². The second-order valence-electron chi connectivity index (χ2n) is 4.25. The quantitative estimate of drug-likeness (QED) is 0.776. The lowest BCUT2D eigenvalue weighted by molar-refractivity contribution is 0.0854. The van der Waals surface area contributed by atoms with Crippen LogP contribution in [0.4, 0.5) is 5.69 Å². The van der Waals surface area contributed by atoms with Gasteiger partial charge in [0.25, 0.3) is 0 Å². The molecule has 1 aliphatic rings. The average Bonchev–Trinajstić information content (AvgIpc) is 2.38. The molecular weight excluding hydrogens is 238 g/mol. The highest BCUT2D eigenvalue weighted by Gasteiger charge is 2.22. The van der Waals surface area contributed by atoms with Crippen molar-refractivity contribution < 1.29 is 9.53 Å². The number of anilines is 1. The summed E-state index contributed by atoms with van der Waals surface area (Å²) >= 11 is 6.19. The molecule has 0 amide bonds. The second-order valence-corrected chi connectivity index (χ2v) is 4.66. The number of rotatable bonds is 3. The summed E-state index contributed by atoms with van der Waals surface area (Å²) in [5.41, 5.74) is 1.47. The predicted molar refractivity (Wildman–Crippen MR) is 69.1 cm³/mol. The zero-order valence-electron chi connectivity index (χ0n) is 9.86. The summed E-state index contributed by atoms with van der Waals surface area (Å²) in [4.78, 5) is 13.2. The Hall–Kier alpha value is -1.06. The number of halogens is 1. The molecular formula is C13H16ClNO2. The van der Waals surface area contributed by atoms with Crippen LogP contribution in [0.5, 0.6) is 0 Å². The fourth-order valence-electron chi connectivity index (χ4n) is 2.25. The van der Waals surface area contributed by atoms with Crippen LogP contribution >= 0.6 is 11.6 Å². The molecule has 0 radical (unpaired) electrons. The molecule has 2 rings (SSSR count). The van der Waals surface area contributed by atoms with Gasteiger partial charge in [0, 0.05) is 31.9 Å². The minimum absolute atomic E-state index is 0.391. The number of carbonyl (C=O) groups is 1. The van der Waals surface area contributed by atoms with Crippen molar-refractivity contribution >= 4 is 23.6 Å². The van der Waals surface area contributed by atoms with Gasteiger partial charge in [-0.15, -0.1) is 0 Å². The lowest BCUT2D eigenvalue weighted by Crippen LogP contribution is -2.37. The van der Waals surface area contributed by atoms with Crippen molar-refractivity contribution in [3.8, 4) is 0 Å². The third-order valence-electron chi connectivity index (χ3n) is 3.24. The summed E-state index contributed by atoms with van der Waals surface area (Å²) < 4.78 is 5.34. The van der Waals surface area contributed by atoms with Gasteiger partial charge in [0.1, 0.15) is 0 Å². The van der Waals surface area contributed by atoms with Crippen LogP contribution in [-0.4, -0.2) is 32.6 Å². The Balaban J connectivity index is 2.28. The summed E-state index contributed by atoms with van der Waals surface area (Å²) in [6.07, 6.45) is 2.80. The lowest BCUT2D eigenvalue weighted by Gasteiger charge is -2.34. The van der Waals surface area contributed by atoms with E-state index in [1.807, 2.05) is 13.1 Å². The molecule has 0 aliphatic carbocycles. The molecule has 1 aliphatic heterocycles. The van der Waals surface area contributed by atoms with Crippen LogP contribution in [-0.2, 0) is 4.74 Å². The highest BCUT2D eigenvalue weighted by Crippen LogP contribution is 2.31. The number of hydrogen-bond donors (Lipinski definition) is 0. The van der Waals surface area contributed by atoms with Crippen molar-refractivity contribution in [2.45, 2.75) is 18.9 Å². The fraction of sp³-hybridized carbons (Fsp3) is 0.462.